The van der Waals surface area contributed by atoms with Crippen molar-refractivity contribution < 1.29 is 14.3 Å². The summed E-state index contributed by atoms with van der Waals surface area (Å²) in [6.07, 6.45) is 0.848. The number of hydrogen-bond acceptors (Lipinski definition) is 3. The summed E-state index contributed by atoms with van der Waals surface area (Å²) in [5.74, 6) is 0.349. The van der Waals surface area contributed by atoms with E-state index in [1.54, 1.807) is 0 Å². The lowest BCUT2D eigenvalue weighted by atomic mass is 9.89. The molecule has 0 saturated carbocycles. The van der Waals surface area contributed by atoms with Gasteiger partial charge >= 0.3 is 5.97 Å². The molecule has 1 saturated heterocycles. The Labute approximate surface area is 66.7 Å². The Bertz CT molecular complexity index is 140. The summed E-state index contributed by atoms with van der Waals surface area (Å²) in [6.45, 7) is 3.43. The number of methoxy groups -OCH3 is 1. The van der Waals surface area contributed by atoms with E-state index in [1.807, 2.05) is 6.92 Å². The number of rotatable bonds is 3. The molecule has 11 heavy (non-hydrogen) atoms. The molecule has 1 aliphatic rings. The predicted molar refractivity (Wildman–Crippen MR) is 40.1 cm³/mol. The van der Waals surface area contributed by atoms with Crippen LogP contribution in [-0.2, 0) is 14.3 Å². The molecule has 3 nitrogen and oxygen atoms in total. The molecular formula is C8H14O3. The van der Waals surface area contributed by atoms with E-state index < -0.39 is 0 Å². The molecule has 1 atom stereocenters. The Morgan fingerprint density at radius 3 is 2.64 bits per heavy atom. The average Bonchev–Trinajstić information content (AvgIpc) is 1.94. The summed E-state index contributed by atoms with van der Waals surface area (Å²) < 4.78 is 9.67. The van der Waals surface area contributed by atoms with Gasteiger partial charge in [-0.05, 0) is 6.42 Å². The zero-order valence-electron chi connectivity index (χ0n) is 7.00. The van der Waals surface area contributed by atoms with Crippen LogP contribution in [0.15, 0.2) is 0 Å². The standard InChI is InChI=1S/C8H14O3/c1-3-7(8(9)10-2)6-4-11-5-6/h6-7H,3-5H2,1-2H3. The average molecular weight is 158 g/mol. The van der Waals surface area contributed by atoms with Gasteiger partial charge in [-0.2, -0.15) is 0 Å². The fourth-order valence-electron chi connectivity index (χ4n) is 1.33. The van der Waals surface area contributed by atoms with Crippen molar-refractivity contribution >= 4 is 5.97 Å². The van der Waals surface area contributed by atoms with Crippen LogP contribution < -0.4 is 0 Å². The summed E-state index contributed by atoms with van der Waals surface area (Å²) >= 11 is 0. The van der Waals surface area contributed by atoms with Crippen LogP contribution in [0.3, 0.4) is 0 Å². The molecule has 0 spiro atoms. The molecule has 1 rings (SSSR count). The zero-order valence-corrected chi connectivity index (χ0v) is 7.00. The van der Waals surface area contributed by atoms with E-state index in [0.717, 1.165) is 6.42 Å². The Morgan fingerprint density at radius 2 is 2.36 bits per heavy atom. The first-order valence-corrected chi connectivity index (χ1v) is 3.95. The molecule has 0 aromatic carbocycles. The van der Waals surface area contributed by atoms with Crippen molar-refractivity contribution in [3.05, 3.63) is 0 Å². The minimum Gasteiger partial charge on any atom is -0.469 e. The van der Waals surface area contributed by atoms with Gasteiger partial charge in [0.2, 0.25) is 0 Å². The lowest BCUT2D eigenvalue weighted by molar-refractivity contribution is -0.155. The highest BCUT2D eigenvalue weighted by molar-refractivity contribution is 5.72. The van der Waals surface area contributed by atoms with Gasteiger partial charge in [0.25, 0.3) is 0 Å². The largest absolute Gasteiger partial charge is 0.469 e. The maximum atomic E-state index is 11.1. The van der Waals surface area contributed by atoms with Crippen LogP contribution in [0.5, 0.6) is 0 Å². The van der Waals surface area contributed by atoms with Gasteiger partial charge in [-0.15, -0.1) is 0 Å². The number of esters is 1. The zero-order chi connectivity index (χ0) is 8.27. The van der Waals surface area contributed by atoms with Crippen molar-refractivity contribution in [2.45, 2.75) is 13.3 Å². The first-order chi connectivity index (χ1) is 5.29. The van der Waals surface area contributed by atoms with Crippen LogP contribution in [0.2, 0.25) is 0 Å². The molecule has 0 aromatic rings. The Hall–Kier alpha value is -0.570. The topological polar surface area (TPSA) is 35.5 Å². The molecule has 0 aromatic heterocycles. The Morgan fingerprint density at radius 1 is 1.73 bits per heavy atom. The lowest BCUT2D eigenvalue weighted by Gasteiger charge is -2.31. The molecule has 1 unspecified atom stereocenters. The quantitative estimate of drug-likeness (QED) is 0.571. The molecular weight excluding hydrogens is 144 g/mol. The third kappa shape index (κ3) is 1.71. The first kappa shape index (κ1) is 8.53. The summed E-state index contributed by atoms with van der Waals surface area (Å²) in [7, 11) is 1.44. The molecule has 0 amide bonds. The second kappa shape index (κ2) is 3.72. The summed E-state index contributed by atoms with van der Waals surface area (Å²) in [5.41, 5.74) is 0. The van der Waals surface area contributed by atoms with E-state index in [0.29, 0.717) is 19.1 Å². The van der Waals surface area contributed by atoms with E-state index in [1.165, 1.54) is 7.11 Å². The first-order valence-electron chi connectivity index (χ1n) is 3.95. The third-order valence-electron chi connectivity index (χ3n) is 2.18. The Balaban J connectivity index is 2.40. The maximum Gasteiger partial charge on any atom is 0.309 e. The van der Waals surface area contributed by atoms with Crippen molar-refractivity contribution in [1.82, 2.24) is 0 Å². The van der Waals surface area contributed by atoms with Crippen LogP contribution >= 0.6 is 0 Å². The molecule has 1 aliphatic heterocycles. The SMILES string of the molecule is CCC(C(=O)OC)C1COC1. The summed E-state index contributed by atoms with van der Waals surface area (Å²) in [6, 6.07) is 0. The number of hydrogen-bond donors (Lipinski definition) is 0. The van der Waals surface area contributed by atoms with Crippen molar-refractivity contribution in [3.63, 3.8) is 0 Å². The van der Waals surface area contributed by atoms with Gasteiger partial charge in [0.05, 0.1) is 26.2 Å². The maximum absolute atomic E-state index is 11.1. The van der Waals surface area contributed by atoms with Crippen LogP contribution in [-0.4, -0.2) is 26.3 Å². The fraction of sp³-hybridized carbons (Fsp3) is 0.875. The van der Waals surface area contributed by atoms with Gasteiger partial charge in [-0.3, -0.25) is 4.79 Å². The minimum atomic E-state index is -0.0965. The van der Waals surface area contributed by atoms with Crippen molar-refractivity contribution in [2.75, 3.05) is 20.3 Å². The molecule has 0 N–H and O–H groups in total. The van der Waals surface area contributed by atoms with Crippen LogP contribution in [0.25, 0.3) is 0 Å². The predicted octanol–water partition coefficient (Wildman–Crippen LogP) is 0.832. The number of carbonyl (C=O) groups is 1. The molecule has 0 aliphatic carbocycles. The summed E-state index contributed by atoms with van der Waals surface area (Å²) in [5, 5.41) is 0. The van der Waals surface area contributed by atoms with Gasteiger partial charge in [-0.25, -0.2) is 0 Å². The highest BCUT2D eigenvalue weighted by Crippen LogP contribution is 2.24. The van der Waals surface area contributed by atoms with E-state index in [9.17, 15) is 4.79 Å². The van der Waals surface area contributed by atoms with E-state index in [4.69, 9.17) is 4.74 Å². The highest BCUT2D eigenvalue weighted by atomic mass is 16.5. The normalized spacial score (nSPS) is 20.5. The molecule has 3 heteroatoms. The van der Waals surface area contributed by atoms with E-state index in [-0.39, 0.29) is 11.9 Å². The molecule has 1 heterocycles. The Kier molecular flexibility index (Phi) is 2.88. The number of ether oxygens (including phenoxy) is 2. The molecule has 0 bridgehead atoms. The van der Waals surface area contributed by atoms with Crippen molar-refractivity contribution in [3.8, 4) is 0 Å². The second-order valence-corrected chi connectivity index (χ2v) is 2.84. The molecule has 64 valence electrons. The van der Waals surface area contributed by atoms with E-state index in [2.05, 4.69) is 4.74 Å². The van der Waals surface area contributed by atoms with Crippen LogP contribution in [0.4, 0.5) is 0 Å². The number of carbonyl (C=O) groups excluding carboxylic acids is 1. The van der Waals surface area contributed by atoms with Gasteiger partial charge in [0, 0.05) is 5.92 Å². The summed E-state index contributed by atoms with van der Waals surface area (Å²) in [4.78, 5) is 11.1. The smallest absolute Gasteiger partial charge is 0.309 e. The van der Waals surface area contributed by atoms with Gasteiger partial charge in [-0.1, -0.05) is 6.92 Å². The van der Waals surface area contributed by atoms with Gasteiger partial charge < -0.3 is 9.47 Å². The van der Waals surface area contributed by atoms with Crippen molar-refractivity contribution in [1.29, 1.82) is 0 Å². The third-order valence-corrected chi connectivity index (χ3v) is 2.18. The van der Waals surface area contributed by atoms with Gasteiger partial charge in [0.15, 0.2) is 0 Å². The fourth-order valence-corrected chi connectivity index (χ4v) is 1.33. The lowest BCUT2D eigenvalue weighted by Crippen LogP contribution is -2.38. The van der Waals surface area contributed by atoms with Gasteiger partial charge in [0.1, 0.15) is 0 Å². The van der Waals surface area contributed by atoms with Crippen LogP contribution in [0.1, 0.15) is 13.3 Å². The minimum absolute atomic E-state index is 0.0498. The van der Waals surface area contributed by atoms with E-state index >= 15 is 0 Å². The molecule has 0 radical (unpaired) electrons. The monoisotopic (exact) mass is 158 g/mol. The van der Waals surface area contributed by atoms with Crippen LogP contribution in [0, 0.1) is 11.8 Å². The van der Waals surface area contributed by atoms with Crippen molar-refractivity contribution in [2.24, 2.45) is 11.8 Å². The highest BCUT2D eigenvalue weighted by Gasteiger charge is 2.32. The molecule has 1 fully saturated rings. The second-order valence-electron chi connectivity index (χ2n) is 2.84.